The molecule has 0 saturated carbocycles. The Balaban J connectivity index is 2.40. The average Bonchev–Trinajstić information content (AvgIpc) is 2.25. The third-order valence-corrected chi connectivity index (χ3v) is 2.95. The SMILES string of the molecule is O=C1CCCc2ccc(Br)cc2C1. The van der Waals surface area contributed by atoms with E-state index >= 15 is 0 Å². The predicted octanol–water partition coefficient (Wildman–Crippen LogP) is 2.90. The molecule has 0 heterocycles. The summed E-state index contributed by atoms with van der Waals surface area (Å²) in [5.74, 6) is 0.372. The van der Waals surface area contributed by atoms with Crippen molar-refractivity contribution >= 4 is 21.7 Å². The number of carbonyl (C=O) groups is 1. The fourth-order valence-corrected chi connectivity index (χ4v) is 2.19. The van der Waals surface area contributed by atoms with E-state index < -0.39 is 0 Å². The van der Waals surface area contributed by atoms with Crippen molar-refractivity contribution in [3.8, 4) is 0 Å². The van der Waals surface area contributed by atoms with Gasteiger partial charge in [0.2, 0.25) is 0 Å². The molecule has 2 rings (SSSR count). The third kappa shape index (κ3) is 1.99. The zero-order valence-corrected chi connectivity index (χ0v) is 8.93. The molecule has 0 radical (unpaired) electrons. The molecule has 0 aliphatic heterocycles. The van der Waals surface area contributed by atoms with Crippen molar-refractivity contribution in [1.82, 2.24) is 0 Å². The van der Waals surface area contributed by atoms with Gasteiger partial charge in [0.25, 0.3) is 0 Å². The van der Waals surface area contributed by atoms with Gasteiger partial charge in [0, 0.05) is 17.3 Å². The number of aryl methyl sites for hydroxylation is 1. The van der Waals surface area contributed by atoms with Crippen molar-refractivity contribution < 1.29 is 4.79 Å². The van der Waals surface area contributed by atoms with Crippen LogP contribution in [0.1, 0.15) is 24.0 Å². The van der Waals surface area contributed by atoms with Crippen molar-refractivity contribution in [1.29, 1.82) is 0 Å². The van der Waals surface area contributed by atoms with Crippen molar-refractivity contribution in [3.05, 3.63) is 33.8 Å². The van der Waals surface area contributed by atoms with Crippen LogP contribution in [-0.4, -0.2) is 5.78 Å². The zero-order chi connectivity index (χ0) is 9.26. The minimum atomic E-state index is 0.372. The quantitative estimate of drug-likeness (QED) is 0.636. The lowest BCUT2D eigenvalue weighted by Gasteiger charge is -2.04. The Bertz CT molecular complexity index is 344. The van der Waals surface area contributed by atoms with E-state index in [4.69, 9.17) is 0 Å². The molecule has 1 aliphatic rings. The summed E-state index contributed by atoms with van der Waals surface area (Å²) in [5.41, 5.74) is 2.55. The minimum Gasteiger partial charge on any atom is -0.299 e. The smallest absolute Gasteiger partial charge is 0.137 e. The number of carbonyl (C=O) groups excluding carboxylic acids is 1. The van der Waals surface area contributed by atoms with Gasteiger partial charge in [0.15, 0.2) is 0 Å². The van der Waals surface area contributed by atoms with Crippen LogP contribution in [0.15, 0.2) is 22.7 Å². The van der Waals surface area contributed by atoms with Crippen LogP contribution in [0, 0.1) is 0 Å². The first-order valence-electron chi connectivity index (χ1n) is 4.55. The van der Waals surface area contributed by atoms with Gasteiger partial charge in [-0.3, -0.25) is 4.79 Å². The first kappa shape index (κ1) is 8.95. The van der Waals surface area contributed by atoms with Crippen LogP contribution in [0.4, 0.5) is 0 Å². The second-order valence-electron chi connectivity index (χ2n) is 3.48. The van der Waals surface area contributed by atoms with E-state index in [1.807, 2.05) is 0 Å². The van der Waals surface area contributed by atoms with Gasteiger partial charge in [-0.25, -0.2) is 0 Å². The minimum absolute atomic E-state index is 0.372. The molecule has 0 aromatic heterocycles. The average molecular weight is 239 g/mol. The van der Waals surface area contributed by atoms with E-state index in [0.29, 0.717) is 12.2 Å². The van der Waals surface area contributed by atoms with E-state index in [-0.39, 0.29) is 0 Å². The van der Waals surface area contributed by atoms with E-state index in [2.05, 4.69) is 34.1 Å². The molecule has 68 valence electrons. The lowest BCUT2D eigenvalue weighted by Crippen LogP contribution is -1.99. The normalized spacial score (nSPS) is 16.5. The van der Waals surface area contributed by atoms with Crippen molar-refractivity contribution in [2.45, 2.75) is 25.7 Å². The van der Waals surface area contributed by atoms with Crippen LogP contribution in [-0.2, 0) is 17.6 Å². The fraction of sp³-hybridized carbons (Fsp3) is 0.364. The first-order valence-corrected chi connectivity index (χ1v) is 5.34. The number of hydrogen-bond acceptors (Lipinski definition) is 1. The van der Waals surface area contributed by atoms with Gasteiger partial charge >= 0.3 is 0 Å². The Hall–Kier alpha value is -0.630. The number of hydrogen-bond donors (Lipinski definition) is 0. The molecule has 13 heavy (non-hydrogen) atoms. The summed E-state index contributed by atoms with van der Waals surface area (Å²) >= 11 is 3.42. The molecule has 0 N–H and O–H groups in total. The van der Waals surface area contributed by atoms with Gasteiger partial charge in [-0.1, -0.05) is 22.0 Å². The molecule has 1 aliphatic carbocycles. The van der Waals surface area contributed by atoms with E-state index in [9.17, 15) is 4.79 Å². The van der Waals surface area contributed by atoms with Gasteiger partial charge in [0.05, 0.1) is 0 Å². The number of Topliss-reactive ketones (excluding diaryl/α,β-unsaturated/α-hetero) is 1. The summed E-state index contributed by atoms with van der Waals surface area (Å²) < 4.78 is 1.07. The molecular formula is C11H11BrO. The monoisotopic (exact) mass is 238 g/mol. The fourth-order valence-electron chi connectivity index (χ4n) is 1.78. The van der Waals surface area contributed by atoms with Crippen molar-refractivity contribution in [2.24, 2.45) is 0 Å². The number of benzene rings is 1. The highest BCUT2D eigenvalue weighted by Crippen LogP contribution is 2.22. The van der Waals surface area contributed by atoms with Crippen LogP contribution in [0.25, 0.3) is 0 Å². The molecule has 2 heteroatoms. The third-order valence-electron chi connectivity index (χ3n) is 2.46. The van der Waals surface area contributed by atoms with Gasteiger partial charge < -0.3 is 0 Å². The second kappa shape index (κ2) is 3.62. The summed E-state index contributed by atoms with van der Waals surface area (Å²) in [7, 11) is 0. The van der Waals surface area contributed by atoms with E-state index in [1.165, 1.54) is 11.1 Å². The maximum Gasteiger partial charge on any atom is 0.137 e. The second-order valence-corrected chi connectivity index (χ2v) is 4.40. The summed E-state index contributed by atoms with van der Waals surface area (Å²) in [6.45, 7) is 0. The topological polar surface area (TPSA) is 17.1 Å². The highest BCUT2D eigenvalue weighted by Gasteiger charge is 2.13. The molecule has 1 nitrogen and oxygen atoms in total. The molecule has 1 aromatic rings. The maximum atomic E-state index is 11.3. The molecular weight excluding hydrogens is 228 g/mol. The largest absolute Gasteiger partial charge is 0.299 e. The number of halogens is 1. The van der Waals surface area contributed by atoms with Gasteiger partial charge in [-0.05, 0) is 36.1 Å². The summed E-state index contributed by atoms with van der Waals surface area (Å²) in [4.78, 5) is 11.3. The summed E-state index contributed by atoms with van der Waals surface area (Å²) in [6.07, 6.45) is 3.42. The highest BCUT2D eigenvalue weighted by molar-refractivity contribution is 9.10. The van der Waals surface area contributed by atoms with Crippen LogP contribution >= 0.6 is 15.9 Å². The van der Waals surface area contributed by atoms with E-state index in [1.54, 1.807) is 0 Å². The first-order chi connectivity index (χ1) is 6.25. The van der Waals surface area contributed by atoms with Gasteiger partial charge in [-0.15, -0.1) is 0 Å². The molecule has 0 bridgehead atoms. The van der Waals surface area contributed by atoms with Gasteiger partial charge in [0.1, 0.15) is 5.78 Å². The lowest BCUT2D eigenvalue weighted by molar-refractivity contribution is -0.118. The van der Waals surface area contributed by atoms with Gasteiger partial charge in [-0.2, -0.15) is 0 Å². The zero-order valence-electron chi connectivity index (χ0n) is 7.35. The van der Waals surface area contributed by atoms with Crippen LogP contribution < -0.4 is 0 Å². The van der Waals surface area contributed by atoms with Crippen LogP contribution in [0.3, 0.4) is 0 Å². The Kier molecular flexibility index (Phi) is 2.49. The standard InChI is InChI=1S/C11H11BrO/c12-10-5-4-8-2-1-3-11(13)7-9(8)6-10/h4-6H,1-3,7H2. The molecule has 0 saturated heterocycles. The maximum absolute atomic E-state index is 11.3. The Labute approximate surface area is 86.3 Å². The molecule has 0 spiro atoms. The molecule has 0 amide bonds. The number of rotatable bonds is 0. The lowest BCUT2D eigenvalue weighted by atomic mass is 10.0. The van der Waals surface area contributed by atoms with E-state index in [0.717, 1.165) is 23.7 Å². The molecule has 0 fully saturated rings. The Morgan fingerprint density at radius 2 is 2.00 bits per heavy atom. The molecule has 0 unspecified atom stereocenters. The molecule has 0 atom stereocenters. The summed E-state index contributed by atoms with van der Waals surface area (Å²) in [5, 5.41) is 0. The predicted molar refractivity (Wildman–Crippen MR) is 55.8 cm³/mol. The highest BCUT2D eigenvalue weighted by atomic mass is 79.9. The summed E-state index contributed by atoms with van der Waals surface area (Å²) in [6, 6.07) is 6.24. The molecule has 1 aromatic carbocycles. The number of ketones is 1. The van der Waals surface area contributed by atoms with Crippen LogP contribution in [0.2, 0.25) is 0 Å². The van der Waals surface area contributed by atoms with Crippen LogP contribution in [0.5, 0.6) is 0 Å². The number of fused-ring (bicyclic) bond motifs is 1. The Morgan fingerprint density at radius 1 is 1.15 bits per heavy atom. The van der Waals surface area contributed by atoms with Crippen molar-refractivity contribution in [2.75, 3.05) is 0 Å². The van der Waals surface area contributed by atoms with Crippen molar-refractivity contribution in [3.63, 3.8) is 0 Å². The Morgan fingerprint density at radius 3 is 2.85 bits per heavy atom.